The van der Waals surface area contributed by atoms with Crippen molar-refractivity contribution in [3.05, 3.63) is 30.3 Å². The van der Waals surface area contributed by atoms with Crippen LogP contribution in [0.1, 0.15) is 33.1 Å². The second-order valence-corrected chi connectivity index (χ2v) is 4.99. The fourth-order valence-electron chi connectivity index (χ4n) is 1.96. The van der Waals surface area contributed by atoms with Gasteiger partial charge < -0.3 is 11.1 Å². The summed E-state index contributed by atoms with van der Waals surface area (Å²) in [5, 5.41) is 3.38. The molecule has 0 spiro atoms. The molecule has 1 aromatic carbocycles. The highest BCUT2D eigenvalue weighted by molar-refractivity contribution is 5.81. The Morgan fingerprint density at radius 2 is 2.00 bits per heavy atom. The molecule has 0 radical (unpaired) electrons. The molecule has 3 nitrogen and oxygen atoms in total. The van der Waals surface area contributed by atoms with Crippen LogP contribution in [0.3, 0.4) is 0 Å². The third-order valence-corrected chi connectivity index (χ3v) is 3.16. The van der Waals surface area contributed by atoms with Gasteiger partial charge in [-0.3, -0.25) is 4.79 Å². The highest BCUT2D eigenvalue weighted by Crippen LogP contribution is 2.13. The van der Waals surface area contributed by atoms with Crippen molar-refractivity contribution in [1.29, 1.82) is 0 Å². The number of carbonyl (C=O) groups is 1. The molecule has 0 aliphatic rings. The zero-order valence-corrected chi connectivity index (χ0v) is 11.4. The minimum absolute atomic E-state index is 0.0873. The quantitative estimate of drug-likeness (QED) is 0.696. The molecule has 0 aliphatic carbocycles. The molecule has 100 valence electrons. The Labute approximate surface area is 110 Å². The minimum atomic E-state index is -0.290. The van der Waals surface area contributed by atoms with Crippen molar-refractivity contribution in [3.63, 3.8) is 0 Å². The Morgan fingerprint density at radius 3 is 2.61 bits per heavy atom. The van der Waals surface area contributed by atoms with Gasteiger partial charge in [0.1, 0.15) is 5.78 Å². The van der Waals surface area contributed by atoms with E-state index in [1.54, 1.807) is 6.92 Å². The summed E-state index contributed by atoms with van der Waals surface area (Å²) in [4.78, 5) is 11.1. The van der Waals surface area contributed by atoms with Crippen LogP contribution >= 0.6 is 0 Å². The van der Waals surface area contributed by atoms with Gasteiger partial charge in [0.25, 0.3) is 0 Å². The van der Waals surface area contributed by atoms with E-state index in [-0.39, 0.29) is 11.8 Å². The van der Waals surface area contributed by atoms with Gasteiger partial charge >= 0.3 is 0 Å². The summed E-state index contributed by atoms with van der Waals surface area (Å²) in [6.07, 6.45) is 2.99. The maximum Gasteiger partial charge on any atom is 0.146 e. The lowest BCUT2D eigenvalue weighted by Gasteiger charge is -2.15. The molecule has 0 heterocycles. The second kappa shape index (κ2) is 7.88. The van der Waals surface area contributed by atoms with Gasteiger partial charge in [0.05, 0.1) is 6.04 Å². The van der Waals surface area contributed by atoms with E-state index in [1.165, 1.54) is 0 Å². The molecule has 3 heteroatoms. The summed E-state index contributed by atoms with van der Waals surface area (Å²) in [7, 11) is 0. The number of para-hydroxylation sites is 1. The van der Waals surface area contributed by atoms with Crippen LogP contribution in [0.2, 0.25) is 0 Å². The predicted octanol–water partition coefficient (Wildman–Crippen LogP) is 2.82. The third kappa shape index (κ3) is 5.82. The maximum absolute atomic E-state index is 11.1. The number of hydrogen-bond acceptors (Lipinski definition) is 3. The van der Waals surface area contributed by atoms with E-state index in [0.717, 1.165) is 31.5 Å². The smallest absolute Gasteiger partial charge is 0.146 e. The molecule has 3 N–H and O–H groups in total. The highest BCUT2D eigenvalue weighted by atomic mass is 16.1. The van der Waals surface area contributed by atoms with Gasteiger partial charge in [0, 0.05) is 12.2 Å². The minimum Gasteiger partial charge on any atom is -0.385 e. The largest absolute Gasteiger partial charge is 0.385 e. The van der Waals surface area contributed by atoms with Gasteiger partial charge in [-0.05, 0) is 44.2 Å². The van der Waals surface area contributed by atoms with Crippen molar-refractivity contribution < 1.29 is 4.79 Å². The molecule has 2 atom stereocenters. The van der Waals surface area contributed by atoms with Crippen LogP contribution in [0.4, 0.5) is 5.69 Å². The van der Waals surface area contributed by atoms with Crippen LogP contribution in [0.25, 0.3) is 0 Å². The number of Topliss-reactive ketones (excluding diaryl/α,β-unsaturated/α-hetero) is 1. The normalized spacial score (nSPS) is 13.9. The van der Waals surface area contributed by atoms with Crippen LogP contribution < -0.4 is 11.1 Å². The zero-order valence-electron chi connectivity index (χ0n) is 11.4. The highest BCUT2D eigenvalue weighted by Gasteiger charge is 2.12. The average molecular weight is 248 g/mol. The van der Waals surface area contributed by atoms with Crippen LogP contribution in [0, 0.1) is 5.92 Å². The summed E-state index contributed by atoms with van der Waals surface area (Å²) >= 11 is 0. The lowest BCUT2D eigenvalue weighted by Crippen LogP contribution is -2.30. The van der Waals surface area contributed by atoms with Gasteiger partial charge in [-0.15, -0.1) is 0 Å². The Hall–Kier alpha value is -1.35. The first-order chi connectivity index (χ1) is 8.59. The number of benzene rings is 1. The Morgan fingerprint density at radius 1 is 1.33 bits per heavy atom. The second-order valence-electron chi connectivity index (χ2n) is 4.99. The fraction of sp³-hybridized carbons (Fsp3) is 0.533. The molecule has 0 aromatic heterocycles. The van der Waals surface area contributed by atoms with E-state index in [9.17, 15) is 4.79 Å². The lowest BCUT2D eigenvalue weighted by atomic mass is 9.95. The Bertz CT molecular complexity index is 351. The number of carbonyl (C=O) groups excluding carboxylic acids is 1. The Kier molecular flexibility index (Phi) is 6.44. The maximum atomic E-state index is 11.1. The van der Waals surface area contributed by atoms with Crippen LogP contribution in [0.5, 0.6) is 0 Å². The molecule has 18 heavy (non-hydrogen) atoms. The van der Waals surface area contributed by atoms with Crippen molar-refractivity contribution in [3.8, 4) is 0 Å². The van der Waals surface area contributed by atoms with Crippen molar-refractivity contribution in [1.82, 2.24) is 0 Å². The van der Waals surface area contributed by atoms with E-state index in [1.807, 2.05) is 18.2 Å². The molecule has 0 fully saturated rings. The van der Waals surface area contributed by atoms with Crippen molar-refractivity contribution in [2.24, 2.45) is 11.7 Å². The standard InChI is InChI=1S/C15H24N2O/c1-12(11-15(16)13(2)18)7-6-10-17-14-8-4-3-5-9-14/h3-5,8-9,12,15,17H,6-7,10-11,16H2,1-2H3/t12-,15+/m1/s1. The van der Waals surface area contributed by atoms with E-state index in [0.29, 0.717) is 5.92 Å². The SMILES string of the molecule is CC(=O)[C@@H](N)C[C@H](C)CCCNc1ccccc1. The monoisotopic (exact) mass is 248 g/mol. The van der Waals surface area contributed by atoms with Crippen molar-refractivity contribution >= 4 is 11.5 Å². The first-order valence-electron chi connectivity index (χ1n) is 6.64. The van der Waals surface area contributed by atoms with Gasteiger partial charge in [0.15, 0.2) is 0 Å². The van der Waals surface area contributed by atoms with E-state index in [2.05, 4.69) is 24.4 Å². The average Bonchev–Trinajstić information content (AvgIpc) is 2.35. The van der Waals surface area contributed by atoms with E-state index in [4.69, 9.17) is 5.73 Å². The molecular formula is C15H24N2O. The number of anilines is 1. The Balaban J connectivity index is 2.12. The summed E-state index contributed by atoms with van der Waals surface area (Å²) < 4.78 is 0. The van der Waals surface area contributed by atoms with Gasteiger partial charge in [-0.25, -0.2) is 0 Å². The molecule has 0 saturated carbocycles. The van der Waals surface area contributed by atoms with Gasteiger partial charge in [0.2, 0.25) is 0 Å². The summed E-state index contributed by atoms with van der Waals surface area (Å²) in [6.45, 7) is 4.68. The number of hydrogen-bond donors (Lipinski definition) is 2. The molecular weight excluding hydrogens is 224 g/mol. The zero-order chi connectivity index (χ0) is 13.4. The van der Waals surface area contributed by atoms with Crippen LogP contribution in [-0.2, 0) is 4.79 Å². The third-order valence-electron chi connectivity index (χ3n) is 3.16. The summed E-state index contributed by atoms with van der Waals surface area (Å²) in [5.74, 6) is 0.589. The molecule has 0 saturated heterocycles. The van der Waals surface area contributed by atoms with E-state index < -0.39 is 0 Å². The molecule has 1 aromatic rings. The fourth-order valence-corrected chi connectivity index (χ4v) is 1.96. The van der Waals surface area contributed by atoms with Gasteiger partial charge in [-0.2, -0.15) is 0 Å². The van der Waals surface area contributed by atoms with Crippen LogP contribution in [0.15, 0.2) is 30.3 Å². The van der Waals surface area contributed by atoms with Crippen LogP contribution in [-0.4, -0.2) is 18.4 Å². The number of nitrogens with two attached hydrogens (primary N) is 1. The molecule has 0 bridgehead atoms. The summed E-state index contributed by atoms with van der Waals surface area (Å²) in [6, 6.07) is 9.90. The number of rotatable bonds is 8. The summed E-state index contributed by atoms with van der Waals surface area (Å²) in [5.41, 5.74) is 6.91. The number of ketones is 1. The molecule has 1 rings (SSSR count). The predicted molar refractivity (Wildman–Crippen MR) is 76.6 cm³/mol. The van der Waals surface area contributed by atoms with Crippen molar-refractivity contribution in [2.75, 3.05) is 11.9 Å². The first-order valence-corrected chi connectivity index (χ1v) is 6.64. The lowest BCUT2D eigenvalue weighted by molar-refractivity contribution is -0.118. The van der Waals surface area contributed by atoms with E-state index >= 15 is 0 Å². The first kappa shape index (κ1) is 14.7. The van der Waals surface area contributed by atoms with Crippen molar-refractivity contribution in [2.45, 2.75) is 39.2 Å². The molecule has 0 amide bonds. The van der Waals surface area contributed by atoms with Gasteiger partial charge in [-0.1, -0.05) is 25.1 Å². The molecule has 0 aliphatic heterocycles. The topological polar surface area (TPSA) is 55.1 Å². The molecule has 0 unspecified atom stereocenters. The number of nitrogens with one attached hydrogen (secondary N) is 1.